The standard InChI is InChI=1S/C15H21NO3/c1-2-19-13-7-5-12(6-8-13)11-14(15(17)18)16-9-3-4-10-16/h5-8,14H,2-4,9-11H2,1H3,(H,17,18)/t14-/m0/s1. The van der Waals surface area contributed by atoms with Crippen molar-refractivity contribution in [2.45, 2.75) is 32.2 Å². The van der Waals surface area contributed by atoms with Crippen molar-refractivity contribution >= 4 is 5.97 Å². The zero-order chi connectivity index (χ0) is 13.7. The van der Waals surface area contributed by atoms with Crippen LogP contribution in [0.5, 0.6) is 5.75 Å². The Labute approximate surface area is 114 Å². The van der Waals surface area contributed by atoms with Crippen LogP contribution in [0.25, 0.3) is 0 Å². The predicted molar refractivity (Wildman–Crippen MR) is 73.5 cm³/mol. The molecule has 1 aliphatic heterocycles. The molecule has 1 aliphatic rings. The summed E-state index contributed by atoms with van der Waals surface area (Å²) in [6.45, 7) is 4.38. The van der Waals surface area contributed by atoms with Crippen molar-refractivity contribution in [1.29, 1.82) is 0 Å². The van der Waals surface area contributed by atoms with E-state index in [9.17, 15) is 9.90 Å². The van der Waals surface area contributed by atoms with E-state index in [1.807, 2.05) is 31.2 Å². The molecule has 2 rings (SSSR count). The number of rotatable bonds is 6. The van der Waals surface area contributed by atoms with Crippen LogP contribution in [0.2, 0.25) is 0 Å². The lowest BCUT2D eigenvalue weighted by atomic mass is 10.0. The maximum absolute atomic E-state index is 11.4. The fourth-order valence-corrected chi connectivity index (χ4v) is 2.54. The first-order valence-corrected chi connectivity index (χ1v) is 6.89. The molecular weight excluding hydrogens is 242 g/mol. The summed E-state index contributed by atoms with van der Waals surface area (Å²) in [4.78, 5) is 13.5. The van der Waals surface area contributed by atoms with Gasteiger partial charge in [-0.1, -0.05) is 12.1 Å². The Hall–Kier alpha value is -1.55. The molecule has 0 bridgehead atoms. The fourth-order valence-electron chi connectivity index (χ4n) is 2.54. The van der Waals surface area contributed by atoms with Gasteiger partial charge >= 0.3 is 5.97 Å². The van der Waals surface area contributed by atoms with Crippen molar-refractivity contribution in [2.24, 2.45) is 0 Å². The molecule has 1 aromatic carbocycles. The monoisotopic (exact) mass is 263 g/mol. The van der Waals surface area contributed by atoms with E-state index in [4.69, 9.17) is 4.74 Å². The summed E-state index contributed by atoms with van der Waals surface area (Å²) < 4.78 is 5.39. The summed E-state index contributed by atoms with van der Waals surface area (Å²) in [6.07, 6.45) is 2.77. The average Bonchev–Trinajstić information content (AvgIpc) is 2.91. The van der Waals surface area contributed by atoms with Crippen LogP contribution in [0.15, 0.2) is 24.3 Å². The van der Waals surface area contributed by atoms with E-state index in [0.717, 1.165) is 37.2 Å². The molecule has 4 nitrogen and oxygen atoms in total. The molecule has 19 heavy (non-hydrogen) atoms. The average molecular weight is 263 g/mol. The van der Waals surface area contributed by atoms with Crippen molar-refractivity contribution < 1.29 is 14.6 Å². The molecule has 1 N–H and O–H groups in total. The van der Waals surface area contributed by atoms with Crippen LogP contribution in [0, 0.1) is 0 Å². The van der Waals surface area contributed by atoms with Gasteiger partial charge in [0.15, 0.2) is 0 Å². The zero-order valence-corrected chi connectivity index (χ0v) is 11.3. The number of benzene rings is 1. The fraction of sp³-hybridized carbons (Fsp3) is 0.533. The number of nitrogens with zero attached hydrogens (tertiary/aromatic N) is 1. The third kappa shape index (κ3) is 3.70. The third-order valence-electron chi connectivity index (χ3n) is 3.53. The van der Waals surface area contributed by atoms with Crippen molar-refractivity contribution in [2.75, 3.05) is 19.7 Å². The van der Waals surface area contributed by atoms with Gasteiger partial charge in [-0.2, -0.15) is 0 Å². The largest absolute Gasteiger partial charge is 0.494 e. The number of aliphatic carboxylic acids is 1. The molecule has 1 saturated heterocycles. The summed E-state index contributed by atoms with van der Waals surface area (Å²) in [5.41, 5.74) is 1.04. The number of carboxylic acids is 1. The first-order chi connectivity index (χ1) is 9.20. The Bertz CT molecular complexity index is 410. The lowest BCUT2D eigenvalue weighted by Gasteiger charge is -2.23. The Morgan fingerprint density at radius 1 is 1.32 bits per heavy atom. The van der Waals surface area contributed by atoms with Gasteiger partial charge in [-0.25, -0.2) is 0 Å². The Kier molecular flexibility index (Phi) is 4.80. The van der Waals surface area contributed by atoms with Crippen LogP contribution in [-0.2, 0) is 11.2 Å². The molecule has 0 spiro atoms. The molecule has 104 valence electrons. The number of ether oxygens (including phenoxy) is 1. The molecule has 1 aromatic rings. The van der Waals surface area contributed by atoms with E-state index in [1.165, 1.54) is 0 Å². The molecule has 1 atom stereocenters. The Morgan fingerprint density at radius 2 is 1.95 bits per heavy atom. The van der Waals surface area contributed by atoms with Crippen LogP contribution in [0.3, 0.4) is 0 Å². The van der Waals surface area contributed by atoms with Gasteiger partial charge in [-0.3, -0.25) is 9.69 Å². The number of likely N-dealkylation sites (tertiary alicyclic amines) is 1. The van der Waals surface area contributed by atoms with E-state index in [0.29, 0.717) is 13.0 Å². The number of hydrogen-bond donors (Lipinski definition) is 1. The molecule has 0 aliphatic carbocycles. The van der Waals surface area contributed by atoms with Crippen LogP contribution in [0.1, 0.15) is 25.3 Å². The summed E-state index contributed by atoms with van der Waals surface area (Å²) in [7, 11) is 0. The quantitative estimate of drug-likeness (QED) is 0.854. The third-order valence-corrected chi connectivity index (χ3v) is 3.53. The van der Waals surface area contributed by atoms with Crippen LogP contribution >= 0.6 is 0 Å². The minimum absolute atomic E-state index is 0.402. The Balaban J connectivity index is 2.02. The van der Waals surface area contributed by atoms with Crippen molar-refractivity contribution in [3.8, 4) is 5.75 Å². The molecule has 0 saturated carbocycles. The number of carbonyl (C=O) groups is 1. The van der Waals surface area contributed by atoms with E-state index < -0.39 is 12.0 Å². The van der Waals surface area contributed by atoms with E-state index in [1.54, 1.807) is 0 Å². The number of carboxylic acid groups (broad SMARTS) is 1. The molecule has 1 fully saturated rings. The maximum Gasteiger partial charge on any atom is 0.321 e. The highest BCUT2D eigenvalue weighted by atomic mass is 16.5. The molecule has 1 heterocycles. The van der Waals surface area contributed by atoms with Crippen molar-refractivity contribution in [3.63, 3.8) is 0 Å². The molecule has 0 amide bonds. The predicted octanol–water partition coefficient (Wildman–Crippen LogP) is 2.18. The van der Waals surface area contributed by atoms with Gasteiger partial charge in [0.2, 0.25) is 0 Å². The van der Waals surface area contributed by atoms with E-state index in [2.05, 4.69) is 4.90 Å². The SMILES string of the molecule is CCOc1ccc(C[C@@H](C(=O)O)N2CCCC2)cc1. The van der Waals surface area contributed by atoms with Crippen molar-refractivity contribution in [3.05, 3.63) is 29.8 Å². The molecule has 4 heteroatoms. The zero-order valence-electron chi connectivity index (χ0n) is 11.3. The number of hydrogen-bond acceptors (Lipinski definition) is 3. The lowest BCUT2D eigenvalue weighted by Crippen LogP contribution is -2.40. The highest BCUT2D eigenvalue weighted by Crippen LogP contribution is 2.18. The van der Waals surface area contributed by atoms with Gasteiger partial charge in [0.05, 0.1) is 6.61 Å². The summed E-state index contributed by atoms with van der Waals surface area (Å²) in [6, 6.07) is 7.32. The molecular formula is C15H21NO3. The second-order valence-electron chi connectivity index (χ2n) is 4.88. The Morgan fingerprint density at radius 3 is 2.47 bits per heavy atom. The highest BCUT2D eigenvalue weighted by Gasteiger charge is 2.27. The van der Waals surface area contributed by atoms with Gasteiger partial charge in [0.25, 0.3) is 0 Å². The minimum Gasteiger partial charge on any atom is -0.494 e. The topological polar surface area (TPSA) is 49.8 Å². The second-order valence-corrected chi connectivity index (χ2v) is 4.88. The lowest BCUT2D eigenvalue weighted by molar-refractivity contribution is -0.142. The van der Waals surface area contributed by atoms with E-state index >= 15 is 0 Å². The molecule has 0 unspecified atom stereocenters. The van der Waals surface area contributed by atoms with Crippen LogP contribution in [0.4, 0.5) is 0 Å². The van der Waals surface area contributed by atoms with Gasteiger partial charge in [-0.05, 0) is 57.0 Å². The maximum atomic E-state index is 11.4. The summed E-state index contributed by atoms with van der Waals surface area (Å²) in [5, 5.41) is 9.37. The van der Waals surface area contributed by atoms with Crippen LogP contribution < -0.4 is 4.74 Å². The first-order valence-electron chi connectivity index (χ1n) is 6.89. The molecule has 0 radical (unpaired) electrons. The van der Waals surface area contributed by atoms with Crippen LogP contribution in [-0.4, -0.2) is 41.7 Å². The minimum atomic E-state index is -0.726. The normalized spacial score (nSPS) is 17.3. The van der Waals surface area contributed by atoms with Crippen molar-refractivity contribution in [1.82, 2.24) is 4.90 Å². The first kappa shape index (κ1) is 13.9. The van der Waals surface area contributed by atoms with Gasteiger partial charge in [0.1, 0.15) is 11.8 Å². The summed E-state index contributed by atoms with van der Waals surface area (Å²) >= 11 is 0. The van der Waals surface area contributed by atoms with Gasteiger partial charge < -0.3 is 9.84 Å². The summed E-state index contributed by atoms with van der Waals surface area (Å²) in [5.74, 6) is 0.107. The molecule has 0 aromatic heterocycles. The van der Waals surface area contributed by atoms with Gasteiger partial charge in [0, 0.05) is 0 Å². The van der Waals surface area contributed by atoms with E-state index in [-0.39, 0.29) is 0 Å². The highest BCUT2D eigenvalue weighted by molar-refractivity contribution is 5.74. The smallest absolute Gasteiger partial charge is 0.321 e. The van der Waals surface area contributed by atoms with Gasteiger partial charge in [-0.15, -0.1) is 0 Å². The second kappa shape index (κ2) is 6.57.